The normalized spacial score (nSPS) is 12.5. The molecule has 0 radical (unpaired) electrons. The van der Waals surface area contributed by atoms with Crippen molar-refractivity contribution in [1.29, 1.82) is 0 Å². The van der Waals surface area contributed by atoms with Crippen molar-refractivity contribution in [2.45, 2.75) is 26.2 Å². The lowest BCUT2D eigenvalue weighted by Crippen LogP contribution is -2.26. The van der Waals surface area contributed by atoms with Crippen molar-refractivity contribution < 1.29 is 4.39 Å². The third kappa shape index (κ3) is 5.77. The van der Waals surface area contributed by atoms with E-state index in [1.807, 2.05) is 18.2 Å². The number of rotatable bonds is 8. The molecular formula is C17H21ClFNS. The highest BCUT2D eigenvalue weighted by atomic mass is 35.5. The third-order valence-electron chi connectivity index (χ3n) is 3.42. The van der Waals surface area contributed by atoms with E-state index < -0.39 is 0 Å². The lowest BCUT2D eigenvalue weighted by atomic mass is 9.95. The molecule has 0 saturated heterocycles. The first kappa shape index (κ1) is 16.5. The van der Waals surface area contributed by atoms with E-state index in [1.165, 1.54) is 22.6 Å². The summed E-state index contributed by atoms with van der Waals surface area (Å²) in [6.45, 7) is 4.17. The van der Waals surface area contributed by atoms with E-state index in [9.17, 15) is 4.39 Å². The average molecular weight is 326 g/mol. The van der Waals surface area contributed by atoms with Crippen LogP contribution in [-0.2, 0) is 12.8 Å². The lowest BCUT2D eigenvalue weighted by molar-refractivity contribution is 0.473. The first-order valence-corrected chi connectivity index (χ1v) is 8.56. The minimum absolute atomic E-state index is 0.176. The molecule has 1 N–H and O–H groups in total. The minimum atomic E-state index is -0.176. The maximum Gasteiger partial charge on any atom is 0.123 e. The number of benzene rings is 1. The van der Waals surface area contributed by atoms with E-state index >= 15 is 0 Å². The second-order valence-corrected chi connectivity index (χ2v) is 7.11. The van der Waals surface area contributed by atoms with Gasteiger partial charge in [0, 0.05) is 4.88 Å². The van der Waals surface area contributed by atoms with Crippen molar-refractivity contribution >= 4 is 22.9 Å². The monoisotopic (exact) mass is 325 g/mol. The van der Waals surface area contributed by atoms with Crippen LogP contribution in [0.3, 0.4) is 0 Å². The molecule has 2 rings (SSSR count). The Morgan fingerprint density at radius 2 is 1.90 bits per heavy atom. The van der Waals surface area contributed by atoms with Crippen molar-refractivity contribution in [3.8, 4) is 0 Å². The van der Waals surface area contributed by atoms with Gasteiger partial charge in [-0.05, 0) is 68.1 Å². The highest BCUT2D eigenvalue weighted by Crippen LogP contribution is 2.25. The number of thiophene rings is 1. The molecule has 1 nitrogen and oxygen atoms in total. The summed E-state index contributed by atoms with van der Waals surface area (Å²) in [5, 5.41) is 3.49. The van der Waals surface area contributed by atoms with Crippen LogP contribution in [-0.4, -0.2) is 13.1 Å². The molecule has 0 fully saturated rings. The van der Waals surface area contributed by atoms with E-state index in [4.69, 9.17) is 11.6 Å². The predicted octanol–water partition coefficient (Wildman–Crippen LogP) is 4.94. The van der Waals surface area contributed by atoms with Crippen molar-refractivity contribution in [2.24, 2.45) is 5.92 Å². The molecule has 114 valence electrons. The second kappa shape index (κ2) is 8.52. The molecule has 0 bridgehead atoms. The maximum atomic E-state index is 13.0. The van der Waals surface area contributed by atoms with Gasteiger partial charge in [-0.25, -0.2) is 4.39 Å². The van der Waals surface area contributed by atoms with Crippen molar-refractivity contribution in [3.05, 3.63) is 57.0 Å². The summed E-state index contributed by atoms with van der Waals surface area (Å²) in [4.78, 5) is 1.31. The number of hydrogen-bond acceptors (Lipinski definition) is 2. The molecule has 0 amide bonds. The molecular weight excluding hydrogens is 305 g/mol. The van der Waals surface area contributed by atoms with E-state index in [2.05, 4.69) is 18.3 Å². The van der Waals surface area contributed by atoms with Gasteiger partial charge in [0.15, 0.2) is 0 Å². The molecule has 0 aliphatic carbocycles. The third-order valence-corrected chi connectivity index (χ3v) is 4.67. The lowest BCUT2D eigenvalue weighted by Gasteiger charge is -2.17. The zero-order valence-corrected chi connectivity index (χ0v) is 13.8. The second-order valence-electron chi connectivity index (χ2n) is 5.31. The van der Waals surface area contributed by atoms with Crippen LogP contribution in [0.1, 0.15) is 23.8 Å². The molecule has 0 aliphatic heterocycles. The summed E-state index contributed by atoms with van der Waals surface area (Å²) in [5.74, 6) is 0.321. The summed E-state index contributed by atoms with van der Waals surface area (Å²) < 4.78 is 13.8. The molecule has 1 unspecified atom stereocenters. The summed E-state index contributed by atoms with van der Waals surface area (Å²) in [6, 6.07) is 10.9. The highest BCUT2D eigenvalue weighted by Gasteiger charge is 2.12. The Hall–Kier alpha value is -0.900. The van der Waals surface area contributed by atoms with Gasteiger partial charge in [0.1, 0.15) is 5.82 Å². The van der Waals surface area contributed by atoms with Crippen LogP contribution < -0.4 is 5.32 Å². The molecule has 0 aliphatic rings. The van der Waals surface area contributed by atoms with E-state index in [0.29, 0.717) is 5.92 Å². The molecule has 1 aromatic carbocycles. The van der Waals surface area contributed by atoms with Gasteiger partial charge in [-0.1, -0.05) is 30.7 Å². The molecule has 1 atom stereocenters. The Balaban J connectivity index is 1.98. The first-order valence-electron chi connectivity index (χ1n) is 7.36. The van der Waals surface area contributed by atoms with Crippen LogP contribution >= 0.6 is 22.9 Å². The summed E-state index contributed by atoms with van der Waals surface area (Å²) in [5.41, 5.74) is 1.18. The van der Waals surface area contributed by atoms with Crippen LogP contribution in [0.15, 0.2) is 36.4 Å². The Morgan fingerprint density at radius 3 is 2.52 bits per heavy atom. The molecule has 1 aromatic heterocycles. The van der Waals surface area contributed by atoms with Crippen molar-refractivity contribution in [3.63, 3.8) is 0 Å². The summed E-state index contributed by atoms with van der Waals surface area (Å²) in [7, 11) is 0. The van der Waals surface area contributed by atoms with E-state index in [1.54, 1.807) is 11.3 Å². The predicted molar refractivity (Wildman–Crippen MR) is 89.8 cm³/mol. The topological polar surface area (TPSA) is 12.0 Å². The van der Waals surface area contributed by atoms with Gasteiger partial charge >= 0.3 is 0 Å². The summed E-state index contributed by atoms with van der Waals surface area (Å²) >= 11 is 7.66. The van der Waals surface area contributed by atoms with Gasteiger partial charge in [0.2, 0.25) is 0 Å². The molecule has 21 heavy (non-hydrogen) atoms. The fourth-order valence-electron chi connectivity index (χ4n) is 2.40. The Kier molecular flexibility index (Phi) is 6.68. The van der Waals surface area contributed by atoms with E-state index in [-0.39, 0.29) is 5.82 Å². The first-order chi connectivity index (χ1) is 10.2. The summed E-state index contributed by atoms with van der Waals surface area (Å²) in [6.07, 6.45) is 3.09. The standard InChI is InChI=1S/C17H21ClFNS/c1-2-9-20-12-14(11-16-7-8-17(18)21-16)10-13-3-5-15(19)6-4-13/h3-8,14,20H,2,9-12H2,1H3. The average Bonchev–Trinajstić information content (AvgIpc) is 2.87. The van der Waals surface area contributed by atoms with Gasteiger partial charge < -0.3 is 5.32 Å². The number of halogens is 2. The smallest absolute Gasteiger partial charge is 0.123 e. The Morgan fingerprint density at radius 1 is 1.14 bits per heavy atom. The zero-order valence-electron chi connectivity index (χ0n) is 12.2. The van der Waals surface area contributed by atoms with Crippen LogP contribution in [0.25, 0.3) is 0 Å². The van der Waals surface area contributed by atoms with Gasteiger partial charge in [-0.15, -0.1) is 11.3 Å². The van der Waals surface area contributed by atoms with Gasteiger partial charge in [-0.2, -0.15) is 0 Å². The zero-order chi connectivity index (χ0) is 15.1. The Bertz CT molecular complexity index is 538. The van der Waals surface area contributed by atoms with Gasteiger partial charge in [0.05, 0.1) is 4.34 Å². The molecule has 1 heterocycles. The van der Waals surface area contributed by atoms with Crippen molar-refractivity contribution in [1.82, 2.24) is 5.32 Å². The van der Waals surface area contributed by atoms with Crippen molar-refractivity contribution in [2.75, 3.05) is 13.1 Å². The Labute approximate surface area is 135 Å². The van der Waals surface area contributed by atoms with Crippen LogP contribution in [0.4, 0.5) is 4.39 Å². The highest BCUT2D eigenvalue weighted by molar-refractivity contribution is 7.16. The molecule has 0 saturated carbocycles. The maximum absolute atomic E-state index is 13.0. The van der Waals surface area contributed by atoms with E-state index in [0.717, 1.165) is 36.7 Å². The molecule has 4 heteroatoms. The fourth-order valence-corrected chi connectivity index (χ4v) is 3.60. The molecule has 2 aromatic rings. The SMILES string of the molecule is CCCNCC(Cc1ccc(F)cc1)Cc1ccc(Cl)s1. The molecule has 0 spiro atoms. The fraction of sp³-hybridized carbons (Fsp3) is 0.412. The van der Waals surface area contributed by atoms with Crippen LogP contribution in [0.5, 0.6) is 0 Å². The minimum Gasteiger partial charge on any atom is -0.316 e. The van der Waals surface area contributed by atoms with Gasteiger partial charge in [-0.3, -0.25) is 0 Å². The largest absolute Gasteiger partial charge is 0.316 e. The number of nitrogens with one attached hydrogen (secondary N) is 1. The van der Waals surface area contributed by atoms with Crippen LogP contribution in [0, 0.1) is 11.7 Å². The number of hydrogen-bond donors (Lipinski definition) is 1. The van der Waals surface area contributed by atoms with Gasteiger partial charge in [0.25, 0.3) is 0 Å². The van der Waals surface area contributed by atoms with Crippen LogP contribution in [0.2, 0.25) is 4.34 Å². The quantitative estimate of drug-likeness (QED) is 0.678.